The fourth-order valence-corrected chi connectivity index (χ4v) is 3.28. The number of hydrogen-bond donors (Lipinski definition) is 1. The van der Waals surface area contributed by atoms with Gasteiger partial charge in [-0.3, -0.25) is 4.90 Å². The predicted octanol–water partition coefficient (Wildman–Crippen LogP) is 2.05. The van der Waals surface area contributed by atoms with Crippen molar-refractivity contribution in [2.24, 2.45) is 5.92 Å². The third kappa shape index (κ3) is 5.32. The molecule has 2 fully saturated rings. The molecule has 20 heavy (non-hydrogen) atoms. The Morgan fingerprint density at radius 2 is 1.95 bits per heavy atom. The van der Waals surface area contributed by atoms with E-state index in [0.29, 0.717) is 12.6 Å². The lowest BCUT2D eigenvalue weighted by atomic mass is 10.1. The highest BCUT2D eigenvalue weighted by Gasteiger charge is 2.23. The van der Waals surface area contributed by atoms with Crippen LogP contribution in [0, 0.1) is 5.92 Å². The molecule has 2 aliphatic rings. The summed E-state index contributed by atoms with van der Waals surface area (Å²) in [5.74, 6) is 0.739. The number of β-amino-alcohol motifs (C(OH)–C–C–N with tert-alkyl or cyclic N) is 1. The highest BCUT2D eigenvalue weighted by atomic mass is 16.5. The summed E-state index contributed by atoms with van der Waals surface area (Å²) in [4.78, 5) is 2.44. The summed E-state index contributed by atoms with van der Waals surface area (Å²) < 4.78 is 11.1. The maximum Gasteiger partial charge on any atom is 0.0900 e. The molecule has 4 heteroatoms. The van der Waals surface area contributed by atoms with Gasteiger partial charge in [-0.05, 0) is 38.5 Å². The van der Waals surface area contributed by atoms with Gasteiger partial charge >= 0.3 is 0 Å². The zero-order valence-electron chi connectivity index (χ0n) is 13.1. The Morgan fingerprint density at radius 3 is 2.70 bits per heavy atom. The Morgan fingerprint density at radius 1 is 1.20 bits per heavy atom. The van der Waals surface area contributed by atoms with Crippen LogP contribution in [0.3, 0.4) is 0 Å². The molecule has 2 heterocycles. The van der Waals surface area contributed by atoms with E-state index in [-0.39, 0.29) is 12.2 Å². The molecule has 0 spiro atoms. The van der Waals surface area contributed by atoms with Crippen LogP contribution in [-0.4, -0.2) is 61.2 Å². The molecule has 0 aromatic heterocycles. The molecule has 2 saturated heterocycles. The van der Waals surface area contributed by atoms with Gasteiger partial charge in [-0.1, -0.05) is 13.3 Å². The van der Waals surface area contributed by atoms with Crippen LogP contribution >= 0.6 is 0 Å². The van der Waals surface area contributed by atoms with E-state index in [0.717, 1.165) is 45.1 Å². The monoisotopic (exact) mass is 285 g/mol. The lowest BCUT2D eigenvalue weighted by Gasteiger charge is -2.31. The van der Waals surface area contributed by atoms with E-state index in [2.05, 4.69) is 18.7 Å². The minimum Gasteiger partial charge on any atom is -0.389 e. The highest BCUT2D eigenvalue weighted by molar-refractivity contribution is 4.77. The van der Waals surface area contributed by atoms with Crippen LogP contribution in [0.4, 0.5) is 0 Å². The van der Waals surface area contributed by atoms with Crippen LogP contribution in [0.2, 0.25) is 0 Å². The molecule has 0 amide bonds. The number of aliphatic hydroxyl groups is 1. The molecule has 4 nitrogen and oxygen atoms in total. The van der Waals surface area contributed by atoms with E-state index in [1.807, 2.05) is 0 Å². The fraction of sp³-hybridized carbons (Fsp3) is 1.00. The summed E-state index contributed by atoms with van der Waals surface area (Å²) >= 11 is 0. The molecule has 0 aromatic carbocycles. The van der Waals surface area contributed by atoms with E-state index in [4.69, 9.17) is 9.47 Å². The Bertz CT molecular complexity index is 268. The van der Waals surface area contributed by atoms with E-state index in [9.17, 15) is 5.11 Å². The smallest absolute Gasteiger partial charge is 0.0900 e. The van der Waals surface area contributed by atoms with Crippen molar-refractivity contribution in [2.45, 2.75) is 64.2 Å². The first-order valence-corrected chi connectivity index (χ1v) is 8.26. The third-order valence-electron chi connectivity index (χ3n) is 4.63. The summed E-state index contributed by atoms with van der Waals surface area (Å²) in [5, 5.41) is 10.2. The van der Waals surface area contributed by atoms with Gasteiger partial charge in [0.25, 0.3) is 0 Å². The van der Waals surface area contributed by atoms with Crippen molar-refractivity contribution in [1.82, 2.24) is 4.90 Å². The number of hydrogen-bond acceptors (Lipinski definition) is 4. The lowest BCUT2D eigenvalue weighted by molar-refractivity contribution is -0.0660. The second-order valence-corrected chi connectivity index (χ2v) is 6.64. The van der Waals surface area contributed by atoms with Gasteiger partial charge in [-0.2, -0.15) is 0 Å². The van der Waals surface area contributed by atoms with Crippen LogP contribution in [0.1, 0.15) is 46.0 Å². The summed E-state index contributed by atoms with van der Waals surface area (Å²) in [6, 6.07) is 0.581. The van der Waals surface area contributed by atoms with Gasteiger partial charge in [0.2, 0.25) is 0 Å². The first-order valence-electron chi connectivity index (χ1n) is 8.26. The summed E-state index contributed by atoms with van der Waals surface area (Å²) in [6.45, 7) is 8.50. The molecule has 0 bridgehead atoms. The molecule has 1 N–H and O–H groups in total. The summed E-state index contributed by atoms with van der Waals surface area (Å²) in [5.41, 5.74) is 0. The van der Waals surface area contributed by atoms with Crippen LogP contribution in [0.15, 0.2) is 0 Å². The van der Waals surface area contributed by atoms with Crippen molar-refractivity contribution in [1.29, 1.82) is 0 Å². The molecule has 0 aromatic rings. The van der Waals surface area contributed by atoms with Gasteiger partial charge in [-0.25, -0.2) is 0 Å². The second-order valence-electron chi connectivity index (χ2n) is 6.64. The largest absolute Gasteiger partial charge is 0.389 e. The molecule has 3 unspecified atom stereocenters. The maximum atomic E-state index is 10.2. The van der Waals surface area contributed by atoms with Crippen LogP contribution in [0.5, 0.6) is 0 Å². The average molecular weight is 285 g/mol. The average Bonchev–Trinajstić information content (AvgIpc) is 2.60. The first kappa shape index (κ1) is 16.2. The normalized spacial score (nSPS) is 31.9. The minimum absolute atomic E-state index is 0.277. The molecule has 0 radical (unpaired) electrons. The quantitative estimate of drug-likeness (QED) is 0.839. The van der Waals surface area contributed by atoms with E-state index >= 15 is 0 Å². The van der Waals surface area contributed by atoms with Gasteiger partial charge < -0.3 is 14.6 Å². The lowest BCUT2D eigenvalue weighted by Crippen LogP contribution is -2.42. The van der Waals surface area contributed by atoms with Gasteiger partial charge in [-0.15, -0.1) is 0 Å². The van der Waals surface area contributed by atoms with Crippen LogP contribution < -0.4 is 0 Å². The molecule has 3 atom stereocenters. The number of likely N-dealkylation sites (tertiary alicyclic amines) is 1. The van der Waals surface area contributed by atoms with Crippen LogP contribution in [-0.2, 0) is 9.47 Å². The number of ether oxygens (including phenoxy) is 2. The van der Waals surface area contributed by atoms with Crippen molar-refractivity contribution < 1.29 is 14.6 Å². The summed E-state index contributed by atoms with van der Waals surface area (Å²) in [6.07, 6.45) is 5.71. The van der Waals surface area contributed by atoms with Crippen molar-refractivity contribution >= 4 is 0 Å². The molecule has 0 aliphatic carbocycles. The van der Waals surface area contributed by atoms with E-state index in [1.54, 1.807) is 0 Å². The van der Waals surface area contributed by atoms with Gasteiger partial charge in [0.1, 0.15) is 0 Å². The van der Waals surface area contributed by atoms with Crippen molar-refractivity contribution in [3.05, 3.63) is 0 Å². The highest BCUT2D eigenvalue weighted by Crippen LogP contribution is 2.21. The van der Waals surface area contributed by atoms with Crippen molar-refractivity contribution in [2.75, 3.05) is 32.9 Å². The SMILES string of the molecule is CC1CCCC(C)N(CC(O)COC2CCOCC2)C1. The Hall–Kier alpha value is -0.160. The standard InChI is InChI=1S/C16H31NO3/c1-13-4-3-5-14(2)17(10-13)11-15(18)12-20-16-6-8-19-9-7-16/h13-16,18H,3-12H2,1-2H3. The molecule has 2 rings (SSSR count). The van der Waals surface area contributed by atoms with Gasteiger partial charge in [0.05, 0.1) is 18.8 Å². The zero-order valence-corrected chi connectivity index (χ0v) is 13.1. The van der Waals surface area contributed by atoms with E-state index in [1.165, 1.54) is 19.3 Å². The first-order chi connectivity index (χ1) is 9.65. The number of rotatable bonds is 5. The Labute approximate surface area is 123 Å². The van der Waals surface area contributed by atoms with Gasteiger partial charge in [0.15, 0.2) is 0 Å². The van der Waals surface area contributed by atoms with E-state index < -0.39 is 0 Å². The summed E-state index contributed by atoms with van der Waals surface area (Å²) in [7, 11) is 0. The minimum atomic E-state index is -0.370. The molecule has 0 saturated carbocycles. The third-order valence-corrected chi connectivity index (χ3v) is 4.63. The Kier molecular flexibility index (Phi) is 6.75. The fourth-order valence-electron chi connectivity index (χ4n) is 3.28. The molecular formula is C16H31NO3. The Balaban J connectivity index is 1.70. The zero-order chi connectivity index (χ0) is 14.4. The predicted molar refractivity (Wildman–Crippen MR) is 79.8 cm³/mol. The van der Waals surface area contributed by atoms with Gasteiger partial charge in [0, 0.05) is 32.3 Å². The molecular weight excluding hydrogens is 254 g/mol. The number of aliphatic hydroxyl groups excluding tert-OH is 1. The number of nitrogens with zero attached hydrogens (tertiary/aromatic N) is 1. The topological polar surface area (TPSA) is 41.9 Å². The van der Waals surface area contributed by atoms with Crippen LogP contribution in [0.25, 0.3) is 0 Å². The molecule has 118 valence electrons. The second kappa shape index (κ2) is 8.32. The van der Waals surface area contributed by atoms with Crippen molar-refractivity contribution in [3.63, 3.8) is 0 Å². The molecule has 2 aliphatic heterocycles. The van der Waals surface area contributed by atoms with Crippen molar-refractivity contribution in [3.8, 4) is 0 Å². The maximum absolute atomic E-state index is 10.2.